The third-order valence-electron chi connectivity index (χ3n) is 4.70. The van der Waals surface area contributed by atoms with Gasteiger partial charge in [-0.25, -0.2) is 8.42 Å². The fourth-order valence-corrected chi connectivity index (χ4v) is 5.12. The van der Waals surface area contributed by atoms with Crippen LogP contribution in [0.15, 0.2) is 29.2 Å². The molecule has 1 saturated heterocycles. The Hall–Kier alpha value is -1.54. The standard InChI is InChI=1S/C18H26N2O4S2/c1-19-17(21)13-26(23,24)16-9-11-20(12-10-16)18(22)8-5-14-3-6-15(25-2)7-4-14/h3-4,6-7,16H,5,8-13H2,1-2H3,(H,19,21). The summed E-state index contributed by atoms with van der Waals surface area (Å²) >= 11 is 1.68. The van der Waals surface area contributed by atoms with E-state index in [1.807, 2.05) is 30.5 Å². The third kappa shape index (κ3) is 5.74. The first-order valence-electron chi connectivity index (χ1n) is 8.68. The molecule has 0 aliphatic carbocycles. The highest BCUT2D eigenvalue weighted by molar-refractivity contribution is 7.98. The van der Waals surface area contributed by atoms with E-state index in [0.29, 0.717) is 38.8 Å². The number of hydrogen-bond donors (Lipinski definition) is 1. The van der Waals surface area contributed by atoms with Gasteiger partial charge < -0.3 is 10.2 Å². The maximum atomic E-state index is 12.4. The predicted octanol–water partition coefficient (Wildman–Crippen LogP) is 1.49. The van der Waals surface area contributed by atoms with E-state index in [9.17, 15) is 18.0 Å². The van der Waals surface area contributed by atoms with E-state index >= 15 is 0 Å². The summed E-state index contributed by atoms with van der Waals surface area (Å²) in [6.07, 6.45) is 3.93. The number of nitrogens with one attached hydrogen (secondary N) is 1. The number of sulfone groups is 1. The zero-order valence-corrected chi connectivity index (χ0v) is 16.9. The number of likely N-dealkylation sites (tertiary alicyclic amines) is 1. The molecule has 0 atom stereocenters. The van der Waals surface area contributed by atoms with E-state index in [4.69, 9.17) is 0 Å². The zero-order valence-electron chi connectivity index (χ0n) is 15.2. The number of amides is 2. The van der Waals surface area contributed by atoms with Gasteiger partial charge in [-0.15, -0.1) is 11.8 Å². The number of rotatable bonds is 7. The second-order valence-corrected chi connectivity index (χ2v) is 9.57. The van der Waals surface area contributed by atoms with E-state index in [1.54, 1.807) is 16.7 Å². The SMILES string of the molecule is CNC(=O)CS(=O)(=O)C1CCN(C(=O)CCc2ccc(SC)cc2)CC1. The lowest BCUT2D eigenvalue weighted by molar-refractivity contribution is -0.132. The van der Waals surface area contributed by atoms with Crippen molar-refractivity contribution >= 4 is 33.4 Å². The van der Waals surface area contributed by atoms with Crippen LogP contribution in [0.5, 0.6) is 0 Å². The largest absolute Gasteiger partial charge is 0.358 e. The molecule has 0 bridgehead atoms. The molecule has 6 nitrogen and oxygen atoms in total. The lowest BCUT2D eigenvalue weighted by atomic mass is 10.1. The number of carbonyl (C=O) groups is 2. The average molecular weight is 399 g/mol. The Bertz CT molecular complexity index is 724. The molecular formula is C18H26N2O4S2. The first-order valence-corrected chi connectivity index (χ1v) is 11.6. The second kappa shape index (κ2) is 9.41. The van der Waals surface area contributed by atoms with Crippen molar-refractivity contribution in [1.29, 1.82) is 0 Å². The number of nitrogens with zero attached hydrogens (tertiary/aromatic N) is 1. The molecule has 1 aliphatic heterocycles. The molecule has 1 aliphatic rings. The van der Waals surface area contributed by atoms with Crippen LogP contribution in [0.1, 0.15) is 24.8 Å². The van der Waals surface area contributed by atoms with Gasteiger partial charge >= 0.3 is 0 Å². The number of thioether (sulfide) groups is 1. The molecule has 2 amide bonds. The summed E-state index contributed by atoms with van der Waals surface area (Å²) in [4.78, 5) is 26.7. The Morgan fingerprint density at radius 2 is 1.81 bits per heavy atom. The smallest absolute Gasteiger partial charge is 0.234 e. The summed E-state index contributed by atoms with van der Waals surface area (Å²) in [5.74, 6) is -0.911. The van der Waals surface area contributed by atoms with Gasteiger partial charge in [0.1, 0.15) is 5.75 Å². The molecule has 2 rings (SSSR count). The highest BCUT2D eigenvalue weighted by Gasteiger charge is 2.32. The first-order chi connectivity index (χ1) is 12.4. The van der Waals surface area contributed by atoms with Crippen LogP contribution >= 0.6 is 11.8 Å². The maximum Gasteiger partial charge on any atom is 0.234 e. The Kier molecular flexibility index (Phi) is 7.52. The van der Waals surface area contributed by atoms with E-state index in [0.717, 1.165) is 5.56 Å². The molecule has 1 aromatic carbocycles. The third-order valence-corrected chi connectivity index (χ3v) is 7.60. The van der Waals surface area contributed by atoms with Gasteiger partial charge in [-0.1, -0.05) is 12.1 Å². The summed E-state index contributed by atoms with van der Waals surface area (Å²) in [5, 5.41) is 1.80. The average Bonchev–Trinajstić information content (AvgIpc) is 2.66. The maximum absolute atomic E-state index is 12.4. The molecule has 0 radical (unpaired) electrons. The normalized spacial score (nSPS) is 15.7. The number of benzene rings is 1. The van der Waals surface area contributed by atoms with Gasteiger partial charge in [0, 0.05) is 31.5 Å². The molecule has 8 heteroatoms. The lowest BCUT2D eigenvalue weighted by Crippen LogP contribution is -2.44. The van der Waals surface area contributed by atoms with Crippen molar-refractivity contribution in [3.8, 4) is 0 Å². The minimum Gasteiger partial charge on any atom is -0.358 e. The van der Waals surface area contributed by atoms with Crippen molar-refractivity contribution in [2.75, 3.05) is 32.1 Å². The predicted molar refractivity (Wildman–Crippen MR) is 104 cm³/mol. The molecule has 0 unspecified atom stereocenters. The Morgan fingerprint density at radius 3 is 2.35 bits per heavy atom. The molecule has 0 spiro atoms. The fraction of sp³-hybridized carbons (Fsp3) is 0.556. The molecule has 144 valence electrons. The van der Waals surface area contributed by atoms with Crippen LogP contribution < -0.4 is 5.32 Å². The van der Waals surface area contributed by atoms with Crippen molar-refractivity contribution in [2.45, 2.75) is 35.8 Å². The minimum absolute atomic E-state index is 0.0566. The van der Waals surface area contributed by atoms with Crippen LogP contribution in [0.2, 0.25) is 0 Å². The Labute approximate surface area is 159 Å². The van der Waals surface area contributed by atoms with Gasteiger partial charge in [-0.2, -0.15) is 0 Å². The van der Waals surface area contributed by atoms with Gasteiger partial charge in [0.15, 0.2) is 9.84 Å². The molecule has 26 heavy (non-hydrogen) atoms. The monoisotopic (exact) mass is 398 g/mol. The number of hydrogen-bond acceptors (Lipinski definition) is 5. The summed E-state index contributed by atoms with van der Waals surface area (Å²) in [6, 6.07) is 8.17. The van der Waals surface area contributed by atoms with Gasteiger partial charge in [0.05, 0.1) is 5.25 Å². The number of carbonyl (C=O) groups excluding carboxylic acids is 2. The van der Waals surface area contributed by atoms with Crippen molar-refractivity contribution in [1.82, 2.24) is 10.2 Å². The Morgan fingerprint density at radius 1 is 1.19 bits per heavy atom. The summed E-state index contributed by atoms with van der Waals surface area (Å²) in [5.41, 5.74) is 1.12. The highest BCUT2D eigenvalue weighted by atomic mass is 32.2. The fourth-order valence-electron chi connectivity index (χ4n) is 3.04. The van der Waals surface area contributed by atoms with Gasteiger partial charge in [0.2, 0.25) is 11.8 Å². The van der Waals surface area contributed by atoms with Crippen LogP contribution in [0.25, 0.3) is 0 Å². The lowest BCUT2D eigenvalue weighted by Gasteiger charge is -2.31. The molecule has 0 aromatic heterocycles. The second-order valence-electron chi connectivity index (χ2n) is 6.41. The first kappa shape index (κ1) is 20.8. The Balaban J connectivity index is 1.81. The van der Waals surface area contributed by atoms with Crippen molar-refractivity contribution in [2.24, 2.45) is 0 Å². The topological polar surface area (TPSA) is 83.6 Å². The molecule has 0 saturated carbocycles. The summed E-state index contributed by atoms with van der Waals surface area (Å²) in [6.45, 7) is 0.865. The number of aryl methyl sites for hydroxylation is 1. The van der Waals surface area contributed by atoms with Crippen LogP contribution in [0.4, 0.5) is 0 Å². The van der Waals surface area contributed by atoms with Crippen LogP contribution in [0, 0.1) is 0 Å². The zero-order chi connectivity index (χ0) is 19.2. The van der Waals surface area contributed by atoms with E-state index in [-0.39, 0.29) is 5.91 Å². The van der Waals surface area contributed by atoms with Crippen molar-refractivity contribution < 1.29 is 18.0 Å². The quantitative estimate of drug-likeness (QED) is 0.704. The van der Waals surface area contributed by atoms with Gasteiger partial charge in [0.25, 0.3) is 0 Å². The van der Waals surface area contributed by atoms with E-state index < -0.39 is 26.7 Å². The number of piperidine rings is 1. The van der Waals surface area contributed by atoms with Crippen LogP contribution in [0.3, 0.4) is 0 Å². The minimum atomic E-state index is -3.46. The molecular weight excluding hydrogens is 372 g/mol. The van der Waals surface area contributed by atoms with E-state index in [1.165, 1.54) is 11.9 Å². The van der Waals surface area contributed by atoms with Gasteiger partial charge in [-0.05, 0) is 43.2 Å². The van der Waals surface area contributed by atoms with Crippen molar-refractivity contribution in [3.05, 3.63) is 29.8 Å². The van der Waals surface area contributed by atoms with Crippen LogP contribution in [-0.4, -0.2) is 62.5 Å². The summed E-state index contributed by atoms with van der Waals surface area (Å²) in [7, 11) is -2.03. The molecule has 1 heterocycles. The van der Waals surface area contributed by atoms with Crippen LogP contribution in [-0.2, 0) is 25.8 Å². The van der Waals surface area contributed by atoms with Gasteiger partial charge in [-0.3, -0.25) is 9.59 Å². The van der Waals surface area contributed by atoms with E-state index in [2.05, 4.69) is 5.32 Å². The molecule has 1 aromatic rings. The summed E-state index contributed by atoms with van der Waals surface area (Å²) < 4.78 is 24.5. The molecule has 1 fully saturated rings. The highest BCUT2D eigenvalue weighted by Crippen LogP contribution is 2.20. The molecule has 1 N–H and O–H groups in total. The van der Waals surface area contributed by atoms with Crippen molar-refractivity contribution in [3.63, 3.8) is 0 Å².